The van der Waals surface area contributed by atoms with Crippen molar-refractivity contribution in [1.82, 2.24) is 4.90 Å². The first-order valence-corrected chi connectivity index (χ1v) is 7.51. The van der Waals surface area contributed by atoms with Crippen LogP contribution in [0, 0.1) is 11.8 Å². The number of hydrogen-bond donors (Lipinski definition) is 1. The van der Waals surface area contributed by atoms with Gasteiger partial charge < -0.3 is 15.2 Å². The fraction of sp³-hybridized carbons (Fsp3) is 0.625. The Morgan fingerprint density at radius 1 is 1.05 bits per heavy atom. The van der Waals surface area contributed by atoms with Gasteiger partial charge in [0.25, 0.3) is 0 Å². The quantitative estimate of drug-likeness (QED) is 0.888. The molecule has 4 nitrogen and oxygen atoms in total. The predicted octanol–water partition coefficient (Wildman–Crippen LogP) is 2.59. The molecule has 2 fully saturated rings. The minimum atomic E-state index is 0. The molecule has 126 valence electrons. The molecule has 6 heteroatoms. The molecule has 2 bridgehead atoms. The summed E-state index contributed by atoms with van der Waals surface area (Å²) < 4.78 is 10.9. The zero-order valence-corrected chi connectivity index (χ0v) is 14.6. The van der Waals surface area contributed by atoms with Crippen LogP contribution in [-0.2, 0) is 0 Å². The second kappa shape index (κ2) is 8.82. The van der Waals surface area contributed by atoms with E-state index in [1.807, 2.05) is 24.3 Å². The van der Waals surface area contributed by atoms with E-state index >= 15 is 0 Å². The summed E-state index contributed by atoms with van der Waals surface area (Å²) in [5, 5.41) is 0. The van der Waals surface area contributed by atoms with Gasteiger partial charge in [-0.15, -0.1) is 24.8 Å². The second-order valence-corrected chi connectivity index (χ2v) is 5.96. The molecule has 1 aliphatic heterocycles. The summed E-state index contributed by atoms with van der Waals surface area (Å²) in [5.74, 6) is 3.17. The van der Waals surface area contributed by atoms with E-state index in [9.17, 15) is 0 Å². The van der Waals surface area contributed by atoms with Gasteiger partial charge in [0.2, 0.25) is 0 Å². The number of ether oxygens (including phenoxy) is 2. The largest absolute Gasteiger partial charge is 0.497 e. The van der Waals surface area contributed by atoms with Gasteiger partial charge in [-0.05, 0) is 48.9 Å². The summed E-state index contributed by atoms with van der Waals surface area (Å²) in [6.45, 7) is 4.01. The van der Waals surface area contributed by atoms with E-state index in [1.165, 1.54) is 12.8 Å². The van der Waals surface area contributed by atoms with Crippen molar-refractivity contribution in [2.75, 3.05) is 33.4 Å². The highest BCUT2D eigenvalue weighted by molar-refractivity contribution is 5.85. The molecule has 1 unspecified atom stereocenters. The number of fused-ring (bicyclic) bond motifs is 2. The van der Waals surface area contributed by atoms with Gasteiger partial charge in [-0.1, -0.05) is 0 Å². The van der Waals surface area contributed by atoms with Crippen LogP contribution >= 0.6 is 24.8 Å². The minimum Gasteiger partial charge on any atom is -0.497 e. The topological polar surface area (TPSA) is 47.7 Å². The Bertz CT molecular complexity index is 430. The number of hydrogen-bond acceptors (Lipinski definition) is 4. The van der Waals surface area contributed by atoms with Gasteiger partial charge in [0, 0.05) is 25.7 Å². The van der Waals surface area contributed by atoms with Crippen molar-refractivity contribution in [3.63, 3.8) is 0 Å². The van der Waals surface area contributed by atoms with Crippen LogP contribution in [-0.4, -0.2) is 44.3 Å². The maximum atomic E-state index is 6.22. The van der Waals surface area contributed by atoms with Crippen molar-refractivity contribution in [3.05, 3.63) is 24.3 Å². The predicted molar refractivity (Wildman–Crippen MR) is 93.6 cm³/mol. The molecule has 1 aromatic rings. The molecule has 22 heavy (non-hydrogen) atoms. The van der Waals surface area contributed by atoms with Crippen LogP contribution in [0.1, 0.15) is 12.8 Å². The van der Waals surface area contributed by atoms with E-state index in [0.29, 0.717) is 17.9 Å². The van der Waals surface area contributed by atoms with Crippen LogP contribution in [0.25, 0.3) is 0 Å². The summed E-state index contributed by atoms with van der Waals surface area (Å²) in [4.78, 5) is 2.51. The van der Waals surface area contributed by atoms with Crippen LogP contribution in [0.5, 0.6) is 11.5 Å². The van der Waals surface area contributed by atoms with Crippen LogP contribution < -0.4 is 15.2 Å². The van der Waals surface area contributed by atoms with E-state index in [-0.39, 0.29) is 24.8 Å². The lowest BCUT2D eigenvalue weighted by molar-refractivity contribution is 0.126. The van der Waals surface area contributed by atoms with E-state index in [0.717, 1.165) is 37.7 Å². The number of nitrogens with zero attached hydrogens (tertiary/aromatic N) is 1. The average Bonchev–Trinajstić information content (AvgIpc) is 2.70. The van der Waals surface area contributed by atoms with Crippen molar-refractivity contribution in [2.45, 2.75) is 18.9 Å². The van der Waals surface area contributed by atoms with Crippen LogP contribution in [0.2, 0.25) is 0 Å². The molecule has 2 N–H and O–H groups in total. The molecule has 1 heterocycles. The fourth-order valence-corrected chi connectivity index (χ4v) is 3.51. The van der Waals surface area contributed by atoms with Crippen LogP contribution in [0.15, 0.2) is 24.3 Å². The van der Waals surface area contributed by atoms with Crippen LogP contribution in [0.3, 0.4) is 0 Å². The standard InChI is InChI=1S/C16H24N2O2.2ClH/c1-19-14-4-6-15(7-5-14)20-9-8-18-10-12-2-3-13(11-18)16(12)17;;/h4-7,12-13,16H,2-3,8-11,17H2,1H3;2*1H/t12-,13+,16?;;. The third kappa shape index (κ3) is 4.42. The molecule has 1 aliphatic carbocycles. The molecule has 0 aromatic heterocycles. The molecule has 0 spiro atoms. The monoisotopic (exact) mass is 348 g/mol. The van der Waals surface area contributed by atoms with Gasteiger partial charge in [0.1, 0.15) is 18.1 Å². The lowest BCUT2D eigenvalue weighted by Gasteiger charge is -2.36. The maximum Gasteiger partial charge on any atom is 0.119 e. The highest BCUT2D eigenvalue weighted by Gasteiger charge is 2.39. The Labute approximate surface area is 145 Å². The molecule has 1 saturated heterocycles. The lowest BCUT2D eigenvalue weighted by Crippen LogP contribution is -2.49. The zero-order valence-electron chi connectivity index (χ0n) is 12.9. The summed E-state index contributed by atoms with van der Waals surface area (Å²) in [5.41, 5.74) is 6.22. The first kappa shape index (κ1) is 19.4. The minimum absolute atomic E-state index is 0. The van der Waals surface area contributed by atoms with Gasteiger partial charge in [-0.25, -0.2) is 0 Å². The summed E-state index contributed by atoms with van der Waals surface area (Å²) in [6.07, 6.45) is 2.61. The van der Waals surface area contributed by atoms with E-state index < -0.39 is 0 Å². The Morgan fingerprint density at radius 3 is 2.14 bits per heavy atom. The number of halogens is 2. The third-order valence-corrected chi connectivity index (χ3v) is 4.72. The van der Waals surface area contributed by atoms with Gasteiger partial charge in [0.15, 0.2) is 0 Å². The normalized spacial score (nSPS) is 26.7. The highest BCUT2D eigenvalue weighted by Crippen LogP contribution is 2.35. The molecule has 0 radical (unpaired) electrons. The first-order valence-electron chi connectivity index (χ1n) is 7.51. The highest BCUT2D eigenvalue weighted by atomic mass is 35.5. The number of benzene rings is 1. The van der Waals surface area contributed by atoms with Gasteiger partial charge in [-0.2, -0.15) is 0 Å². The Balaban J connectivity index is 0.00000121. The Kier molecular flexibility index (Phi) is 7.77. The van der Waals surface area contributed by atoms with E-state index in [4.69, 9.17) is 15.2 Å². The van der Waals surface area contributed by atoms with E-state index in [1.54, 1.807) is 7.11 Å². The van der Waals surface area contributed by atoms with Gasteiger partial charge in [-0.3, -0.25) is 4.90 Å². The summed E-state index contributed by atoms with van der Waals surface area (Å²) in [7, 11) is 1.67. The maximum absolute atomic E-state index is 6.22. The zero-order chi connectivity index (χ0) is 13.9. The van der Waals surface area contributed by atoms with Crippen molar-refractivity contribution in [1.29, 1.82) is 0 Å². The number of nitrogens with two attached hydrogens (primary N) is 1. The smallest absolute Gasteiger partial charge is 0.119 e. The molecule has 3 atom stereocenters. The van der Waals surface area contributed by atoms with Crippen LogP contribution in [0.4, 0.5) is 0 Å². The molecular weight excluding hydrogens is 323 g/mol. The van der Waals surface area contributed by atoms with Crippen molar-refractivity contribution in [3.8, 4) is 11.5 Å². The first-order chi connectivity index (χ1) is 9.76. The summed E-state index contributed by atoms with van der Waals surface area (Å²) >= 11 is 0. The molecule has 2 aliphatic rings. The molecular formula is C16H26Cl2N2O2. The van der Waals surface area contributed by atoms with Gasteiger partial charge in [0.05, 0.1) is 7.11 Å². The number of likely N-dealkylation sites (tertiary alicyclic amines) is 1. The SMILES string of the molecule is COc1ccc(OCCN2C[C@H]3CC[C@@H](C2)C3N)cc1.Cl.Cl. The number of rotatable bonds is 5. The lowest BCUT2D eigenvalue weighted by atomic mass is 9.93. The summed E-state index contributed by atoms with van der Waals surface area (Å²) in [6, 6.07) is 8.20. The van der Waals surface area contributed by atoms with Crippen molar-refractivity contribution in [2.24, 2.45) is 17.6 Å². The molecule has 3 rings (SSSR count). The van der Waals surface area contributed by atoms with E-state index in [2.05, 4.69) is 4.90 Å². The third-order valence-electron chi connectivity index (χ3n) is 4.72. The number of piperidine rings is 1. The van der Waals surface area contributed by atoms with Gasteiger partial charge >= 0.3 is 0 Å². The Morgan fingerprint density at radius 2 is 1.59 bits per heavy atom. The molecule has 1 saturated carbocycles. The molecule has 0 amide bonds. The van der Waals surface area contributed by atoms with Crippen molar-refractivity contribution >= 4 is 24.8 Å². The number of methoxy groups -OCH3 is 1. The van der Waals surface area contributed by atoms with Crippen molar-refractivity contribution < 1.29 is 9.47 Å². The molecule has 1 aromatic carbocycles. The second-order valence-electron chi connectivity index (χ2n) is 5.96. The average molecular weight is 349 g/mol. The Hall–Kier alpha value is -0.680. The fourth-order valence-electron chi connectivity index (χ4n) is 3.51.